The zero-order valence-corrected chi connectivity index (χ0v) is 29.8. The molecule has 0 saturated heterocycles. The molecule has 0 spiro atoms. The van der Waals surface area contributed by atoms with E-state index in [4.69, 9.17) is 37.1 Å². The van der Waals surface area contributed by atoms with Gasteiger partial charge in [-0.25, -0.2) is 4.79 Å². The fraction of sp³-hybridized carbons (Fsp3) is 0.400. The third kappa shape index (κ3) is 10.5. The maximum atomic E-state index is 14.3. The first kappa shape index (κ1) is 37.5. The predicted molar refractivity (Wildman–Crippen MR) is 181 cm³/mol. The third-order valence-electron chi connectivity index (χ3n) is 8.21. The summed E-state index contributed by atoms with van der Waals surface area (Å²) in [6, 6.07) is 22.2. The first-order chi connectivity index (χ1) is 21.4. The maximum Gasteiger partial charge on any atom is 0.448 e. The number of esters is 1. The number of benzene rings is 3. The first-order valence-corrected chi connectivity index (χ1v) is 18.6. The van der Waals surface area contributed by atoms with E-state index in [1.54, 1.807) is 37.4 Å². The van der Waals surface area contributed by atoms with Gasteiger partial charge in [0.25, 0.3) is 0 Å². The molecule has 5 nitrogen and oxygen atoms in total. The summed E-state index contributed by atoms with van der Waals surface area (Å²) in [5.74, 6) is -1.73. The van der Waals surface area contributed by atoms with Crippen molar-refractivity contribution < 1.29 is 31.9 Å². The number of ether oxygens (including phenoxy) is 2. The molecule has 0 N–H and O–H groups in total. The Kier molecular flexibility index (Phi) is 12.8. The molecule has 0 atom stereocenters. The van der Waals surface area contributed by atoms with Crippen molar-refractivity contribution in [3.05, 3.63) is 111 Å². The van der Waals surface area contributed by atoms with Gasteiger partial charge in [0.15, 0.2) is 5.76 Å². The summed E-state index contributed by atoms with van der Waals surface area (Å²) >= 11 is 12.2. The van der Waals surface area contributed by atoms with E-state index < -0.39 is 36.8 Å². The third-order valence-corrected chi connectivity index (χ3v) is 13.0. The van der Waals surface area contributed by atoms with E-state index in [1.807, 2.05) is 76.3 Å². The van der Waals surface area contributed by atoms with Crippen LogP contribution in [0.5, 0.6) is 5.75 Å². The molecule has 0 aliphatic carbocycles. The lowest BCUT2D eigenvalue weighted by atomic mass is 9.91. The van der Waals surface area contributed by atoms with Crippen LogP contribution >= 0.6 is 23.2 Å². The molecule has 0 aliphatic heterocycles. The number of carbonyl (C=O) groups excluding carboxylic acids is 1. The summed E-state index contributed by atoms with van der Waals surface area (Å²) in [5, 5.41) is 0.832. The first-order valence-electron chi connectivity index (χ1n) is 14.9. The summed E-state index contributed by atoms with van der Waals surface area (Å²) < 4.78 is 59.1. The van der Waals surface area contributed by atoms with Crippen LogP contribution in [0.2, 0.25) is 28.2 Å². The summed E-state index contributed by atoms with van der Waals surface area (Å²) in [6.07, 6.45) is -5.18. The Balaban J connectivity index is 1.70. The van der Waals surface area contributed by atoms with Gasteiger partial charge < -0.3 is 18.8 Å². The molecule has 0 saturated carbocycles. The van der Waals surface area contributed by atoms with Crippen molar-refractivity contribution in [3.8, 4) is 5.75 Å². The van der Waals surface area contributed by atoms with Crippen LogP contribution in [0.4, 0.5) is 13.2 Å². The van der Waals surface area contributed by atoms with Crippen molar-refractivity contribution >= 4 is 37.5 Å². The second kappa shape index (κ2) is 15.7. The van der Waals surface area contributed by atoms with Gasteiger partial charge >= 0.3 is 12.1 Å². The zero-order chi connectivity index (χ0) is 34.3. The number of methoxy groups -OCH3 is 1. The average Bonchev–Trinajstić information content (AvgIpc) is 2.98. The van der Waals surface area contributed by atoms with Gasteiger partial charge in [-0.15, -0.1) is 0 Å². The fourth-order valence-corrected chi connectivity index (χ4v) is 5.80. The number of halogens is 5. The van der Waals surface area contributed by atoms with Gasteiger partial charge in [0.1, 0.15) is 12.4 Å². The molecule has 3 rings (SSSR count). The molecule has 46 heavy (non-hydrogen) atoms. The largest absolute Gasteiger partial charge is 0.540 e. The van der Waals surface area contributed by atoms with Crippen molar-refractivity contribution in [2.75, 3.05) is 33.9 Å². The van der Waals surface area contributed by atoms with Crippen molar-refractivity contribution in [2.24, 2.45) is 0 Å². The number of rotatable bonds is 13. The highest BCUT2D eigenvalue weighted by molar-refractivity contribution is 6.74. The molecule has 0 unspecified atom stereocenters. The van der Waals surface area contributed by atoms with Gasteiger partial charge in [-0.2, -0.15) is 13.2 Å². The van der Waals surface area contributed by atoms with Gasteiger partial charge in [-0.3, -0.25) is 0 Å². The monoisotopic (exact) mass is 695 g/mol. The van der Waals surface area contributed by atoms with E-state index in [2.05, 4.69) is 4.90 Å². The predicted octanol–water partition coefficient (Wildman–Crippen LogP) is 9.69. The molecule has 3 aromatic carbocycles. The second-order valence-electron chi connectivity index (χ2n) is 12.7. The lowest BCUT2D eigenvalue weighted by Gasteiger charge is -2.38. The van der Waals surface area contributed by atoms with Crippen LogP contribution in [0.1, 0.15) is 43.4 Å². The molecule has 3 aromatic rings. The smallest absolute Gasteiger partial charge is 0.448 e. The van der Waals surface area contributed by atoms with Gasteiger partial charge in [-0.05, 0) is 78.3 Å². The van der Waals surface area contributed by atoms with Gasteiger partial charge in [0.2, 0.25) is 8.32 Å². The van der Waals surface area contributed by atoms with Crippen LogP contribution in [-0.4, -0.2) is 59.2 Å². The van der Waals surface area contributed by atoms with Crippen LogP contribution in [0, 0.1) is 0 Å². The second-order valence-corrected chi connectivity index (χ2v) is 18.3. The normalized spacial score (nSPS) is 13.1. The lowest BCUT2D eigenvalue weighted by molar-refractivity contribution is -0.140. The van der Waals surface area contributed by atoms with Gasteiger partial charge in [0.05, 0.1) is 12.7 Å². The zero-order valence-electron chi connectivity index (χ0n) is 27.3. The Morgan fingerprint density at radius 1 is 0.870 bits per heavy atom. The molecule has 250 valence electrons. The molecular weight excluding hydrogens is 654 g/mol. The molecule has 0 fully saturated rings. The van der Waals surface area contributed by atoms with Gasteiger partial charge in [-0.1, -0.05) is 80.4 Å². The Hall–Kier alpha value is -2.98. The molecule has 0 radical (unpaired) electrons. The minimum Gasteiger partial charge on any atom is -0.540 e. The Morgan fingerprint density at radius 2 is 1.37 bits per heavy atom. The minimum atomic E-state index is -4.87. The molecule has 11 heteroatoms. The van der Waals surface area contributed by atoms with Gasteiger partial charge in [0, 0.05) is 35.5 Å². The molecule has 0 aromatic heterocycles. The van der Waals surface area contributed by atoms with E-state index in [0.29, 0.717) is 41.1 Å². The van der Waals surface area contributed by atoms with Crippen LogP contribution in [-0.2, 0) is 20.4 Å². The number of hydrogen-bond acceptors (Lipinski definition) is 5. The highest BCUT2D eigenvalue weighted by Gasteiger charge is 2.47. The Labute approximate surface area is 281 Å². The molecule has 0 amide bonds. The van der Waals surface area contributed by atoms with Crippen molar-refractivity contribution in [1.82, 2.24) is 4.90 Å². The molecule has 0 aliphatic rings. The lowest BCUT2D eigenvalue weighted by Crippen LogP contribution is -2.43. The van der Waals surface area contributed by atoms with Crippen molar-refractivity contribution in [1.29, 1.82) is 0 Å². The standard InChI is InChI=1S/C35H42Cl2F3NO4Si/c1-34(2,3)46(6,7)45-32(35(38,39)40)30(33(42)43-5)22-24-8-18-29(19-9-24)44-21-20-41(4)23-31(25-10-14-27(36)15-11-25)26-12-16-28(37)17-13-26/h8-19,31H,20-23H2,1-7H3/b32-30+. The Bertz CT molecular complexity index is 1420. The molecular formula is C35H42Cl2F3NO4Si. The SMILES string of the molecule is COC(=O)/C(Cc1ccc(OCCN(C)CC(c2ccc(Cl)cc2)c2ccc(Cl)cc2)cc1)=C(/O[Si](C)(C)C(C)(C)C)C(F)(F)F. The number of likely N-dealkylation sites (N-methyl/N-ethyl adjacent to an activating group) is 1. The number of carbonyl (C=O) groups is 1. The highest BCUT2D eigenvalue weighted by atomic mass is 35.5. The van der Waals surface area contributed by atoms with Crippen LogP contribution in [0.25, 0.3) is 0 Å². The topological polar surface area (TPSA) is 48.0 Å². The van der Waals surface area contributed by atoms with E-state index in [0.717, 1.165) is 18.2 Å². The van der Waals surface area contributed by atoms with Crippen molar-refractivity contribution in [3.63, 3.8) is 0 Å². The van der Waals surface area contributed by atoms with E-state index in [1.165, 1.54) is 0 Å². The van der Waals surface area contributed by atoms with Crippen LogP contribution in [0.15, 0.2) is 84.1 Å². The summed E-state index contributed by atoms with van der Waals surface area (Å²) in [4.78, 5) is 14.8. The van der Waals surface area contributed by atoms with E-state index >= 15 is 0 Å². The minimum absolute atomic E-state index is 0.0816. The number of hydrogen-bond donors (Lipinski definition) is 0. The van der Waals surface area contributed by atoms with Crippen LogP contribution < -0.4 is 4.74 Å². The summed E-state index contributed by atoms with van der Waals surface area (Å²) in [6.45, 7) is 10.6. The quantitative estimate of drug-likeness (QED) is 0.0771. The fourth-order valence-electron chi connectivity index (χ4n) is 4.49. The number of allylic oxidation sites excluding steroid dienone is 1. The Morgan fingerprint density at radius 3 is 1.80 bits per heavy atom. The molecule has 0 heterocycles. The number of nitrogens with zero attached hydrogens (tertiary/aromatic N) is 1. The van der Waals surface area contributed by atoms with E-state index in [-0.39, 0.29) is 12.3 Å². The average molecular weight is 697 g/mol. The van der Waals surface area contributed by atoms with Crippen molar-refractivity contribution in [2.45, 2.75) is 57.4 Å². The summed E-state index contributed by atoms with van der Waals surface area (Å²) in [5.41, 5.74) is 2.17. The maximum absolute atomic E-state index is 14.3. The number of alkyl halides is 3. The van der Waals surface area contributed by atoms with Crippen LogP contribution in [0.3, 0.4) is 0 Å². The summed E-state index contributed by atoms with van der Waals surface area (Å²) in [7, 11) is 0.145. The molecule has 0 bridgehead atoms. The highest BCUT2D eigenvalue weighted by Crippen LogP contribution is 2.42. The van der Waals surface area contributed by atoms with E-state index in [9.17, 15) is 18.0 Å².